The van der Waals surface area contributed by atoms with E-state index in [0.29, 0.717) is 0 Å². The van der Waals surface area contributed by atoms with Gasteiger partial charge in [0.05, 0.1) is 6.61 Å². The monoisotopic (exact) mass is 387 g/mol. The number of hydrogen-bond acceptors (Lipinski definition) is 6. The van der Waals surface area contributed by atoms with Crippen LogP contribution in [-0.2, 0) is 25.3 Å². The summed E-state index contributed by atoms with van der Waals surface area (Å²) in [6.07, 6.45) is 0. The van der Waals surface area contributed by atoms with Crippen LogP contribution < -0.4 is 10.0 Å². The van der Waals surface area contributed by atoms with Gasteiger partial charge in [0.25, 0.3) is 0 Å². The molecule has 0 heterocycles. The lowest BCUT2D eigenvalue weighted by Crippen LogP contribution is -2.34. The molecule has 0 saturated carbocycles. The minimum absolute atomic E-state index is 0.00785. The number of hydroxylamine groups is 1. The Morgan fingerprint density at radius 2 is 1.84 bits per heavy atom. The van der Waals surface area contributed by atoms with E-state index in [-0.39, 0.29) is 12.4 Å². The van der Waals surface area contributed by atoms with E-state index in [0.717, 1.165) is 17.7 Å². The second kappa shape index (κ2) is 8.97. The molecular weight excluding hydrogens is 372 g/mol. The van der Waals surface area contributed by atoms with Crippen molar-refractivity contribution in [3.63, 3.8) is 0 Å². The molecule has 0 fully saturated rings. The molecule has 0 aliphatic carbocycles. The van der Waals surface area contributed by atoms with Crippen molar-refractivity contribution in [2.45, 2.75) is 19.6 Å². The second-order valence-electron chi connectivity index (χ2n) is 5.00. The molecule has 0 amide bonds. The Morgan fingerprint density at radius 1 is 1.20 bits per heavy atom. The van der Waals surface area contributed by atoms with Crippen molar-refractivity contribution in [3.8, 4) is 5.75 Å². The fraction of sp³-hybridized carbons (Fsp3) is 0.188. The summed E-state index contributed by atoms with van der Waals surface area (Å²) < 4.78 is 34.4. The first kappa shape index (κ1) is 19.4. The summed E-state index contributed by atoms with van der Waals surface area (Å²) in [5.74, 6) is -1.41. The predicted octanol–water partition coefficient (Wildman–Crippen LogP) is 4.20. The van der Waals surface area contributed by atoms with Crippen LogP contribution in [0.3, 0.4) is 0 Å². The van der Waals surface area contributed by atoms with Crippen LogP contribution >= 0.6 is 18.2 Å². The summed E-state index contributed by atoms with van der Waals surface area (Å²) in [5, 5.41) is 0. The lowest BCUT2D eigenvalue weighted by molar-refractivity contribution is -0.141. The van der Waals surface area contributed by atoms with Gasteiger partial charge in [-0.3, -0.25) is 4.84 Å². The Hall–Kier alpha value is -1.92. The Morgan fingerprint density at radius 3 is 2.48 bits per heavy atom. The Balaban J connectivity index is 1.80. The number of carbonyl (C=O) groups excluding carboxylic acids is 1. The van der Waals surface area contributed by atoms with E-state index in [1.807, 2.05) is 30.3 Å². The van der Waals surface area contributed by atoms with Gasteiger partial charge < -0.3 is 9.05 Å². The SMILES string of the molecule is C[C@H](NOCc1ccccc1)C(=O)OP(=O)(Cl)Oc1ccc(F)cc1. The molecule has 1 N–H and O–H groups in total. The van der Waals surface area contributed by atoms with Crippen LogP contribution in [0, 0.1) is 5.82 Å². The van der Waals surface area contributed by atoms with Crippen molar-refractivity contribution in [2.75, 3.05) is 0 Å². The summed E-state index contributed by atoms with van der Waals surface area (Å²) in [7, 11) is 0. The van der Waals surface area contributed by atoms with Crippen LogP contribution in [0.4, 0.5) is 4.39 Å². The normalized spacial score (nSPS) is 14.4. The Bertz CT molecular complexity index is 744. The van der Waals surface area contributed by atoms with Crippen LogP contribution in [0.25, 0.3) is 0 Å². The average Bonchev–Trinajstić information content (AvgIpc) is 2.57. The molecule has 2 rings (SSSR count). The molecule has 0 aliphatic rings. The lowest BCUT2D eigenvalue weighted by Gasteiger charge is -2.16. The van der Waals surface area contributed by atoms with E-state index in [1.54, 1.807) is 0 Å². The maximum Gasteiger partial charge on any atom is 0.532 e. The van der Waals surface area contributed by atoms with Crippen molar-refractivity contribution in [2.24, 2.45) is 0 Å². The first-order valence-corrected chi connectivity index (χ1v) is 9.70. The molecule has 0 radical (unpaired) electrons. The predicted molar refractivity (Wildman–Crippen MR) is 90.4 cm³/mol. The van der Waals surface area contributed by atoms with Crippen molar-refractivity contribution in [1.82, 2.24) is 5.48 Å². The summed E-state index contributed by atoms with van der Waals surface area (Å²) in [5.41, 5.74) is 3.37. The second-order valence-corrected chi connectivity index (χ2v) is 7.47. The highest BCUT2D eigenvalue weighted by Gasteiger charge is 2.30. The van der Waals surface area contributed by atoms with E-state index in [2.05, 4.69) is 10.0 Å². The van der Waals surface area contributed by atoms with Gasteiger partial charge >= 0.3 is 12.9 Å². The molecule has 134 valence electrons. The first-order valence-electron chi connectivity index (χ1n) is 7.25. The molecule has 6 nitrogen and oxygen atoms in total. The minimum Gasteiger partial charge on any atom is -0.405 e. The molecule has 2 aromatic carbocycles. The molecule has 0 bridgehead atoms. The van der Waals surface area contributed by atoms with E-state index >= 15 is 0 Å². The Kier molecular flexibility index (Phi) is 6.96. The summed E-state index contributed by atoms with van der Waals surface area (Å²) in [6.45, 7) is -2.55. The van der Waals surface area contributed by atoms with Crippen molar-refractivity contribution >= 4 is 24.2 Å². The van der Waals surface area contributed by atoms with Gasteiger partial charge in [-0.15, -0.1) is 0 Å². The number of nitrogens with one attached hydrogen (secondary N) is 1. The summed E-state index contributed by atoms with van der Waals surface area (Å²) >= 11 is 5.61. The summed E-state index contributed by atoms with van der Waals surface area (Å²) in [6, 6.07) is 13.0. The van der Waals surface area contributed by atoms with Crippen LogP contribution in [0.5, 0.6) is 5.75 Å². The topological polar surface area (TPSA) is 73.9 Å². The molecule has 1 unspecified atom stereocenters. The summed E-state index contributed by atoms with van der Waals surface area (Å²) in [4.78, 5) is 17.1. The minimum atomic E-state index is -4.23. The molecule has 0 saturated heterocycles. The van der Waals surface area contributed by atoms with Gasteiger partial charge in [-0.25, -0.2) is 13.8 Å². The van der Waals surface area contributed by atoms with Gasteiger partial charge in [-0.2, -0.15) is 5.48 Å². The zero-order valence-corrected chi connectivity index (χ0v) is 14.9. The molecular formula is C16H16ClFNO5P. The molecule has 0 spiro atoms. The molecule has 9 heteroatoms. The highest BCUT2D eigenvalue weighted by atomic mass is 35.7. The third-order valence-corrected chi connectivity index (χ3v) is 4.16. The van der Waals surface area contributed by atoms with Gasteiger partial charge in [0, 0.05) is 11.2 Å². The van der Waals surface area contributed by atoms with Crippen LogP contribution in [0.1, 0.15) is 12.5 Å². The van der Waals surface area contributed by atoms with Crippen molar-refractivity contribution < 1.29 is 27.6 Å². The van der Waals surface area contributed by atoms with Crippen LogP contribution in [0.2, 0.25) is 0 Å². The van der Waals surface area contributed by atoms with E-state index in [9.17, 15) is 13.8 Å². The zero-order chi connectivity index (χ0) is 18.3. The van der Waals surface area contributed by atoms with Gasteiger partial charge in [0.1, 0.15) is 17.6 Å². The molecule has 0 aliphatic heterocycles. The third kappa shape index (κ3) is 6.84. The van der Waals surface area contributed by atoms with Gasteiger partial charge in [0.2, 0.25) is 0 Å². The maximum atomic E-state index is 12.8. The fourth-order valence-corrected chi connectivity index (χ4v) is 2.93. The lowest BCUT2D eigenvalue weighted by atomic mass is 10.2. The van der Waals surface area contributed by atoms with Gasteiger partial charge in [-0.05, 0) is 36.8 Å². The maximum absolute atomic E-state index is 12.8. The smallest absolute Gasteiger partial charge is 0.405 e. The van der Waals surface area contributed by atoms with E-state index < -0.39 is 24.8 Å². The standard InChI is InChI=1S/C16H16ClFNO5P/c1-12(19-22-11-13-5-3-2-4-6-13)16(20)24-25(17,21)23-15-9-7-14(18)8-10-15/h2-10,12,19H,11H2,1H3/t12-,25?/m0/s1. The highest BCUT2D eigenvalue weighted by Crippen LogP contribution is 2.53. The van der Waals surface area contributed by atoms with Crippen molar-refractivity contribution in [3.05, 3.63) is 66.0 Å². The largest absolute Gasteiger partial charge is 0.532 e. The first-order chi connectivity index (χ1) is 11.9. The highest BCUT2D eigenvalue weighted by molar-refractivity contribution is 7.82. The van der Waals surface area contributed by atoms with Crippen molar-refractivity contribution in [1.29, 1.82) is 0 Å². The third-order valence-electron chi connectivity index (χ3n) is 2.92. The zero-order valence-electron chi connectivity index (χ0n) is 13.2. The number of halogens is 2. The molecule has 25 heavy (non-hydrogen) atoms. The molecule has 0 aromatic heterocycles. The number of carbonyl (C=O) groups is 1. The van der Waals surface area contributed by atoms with E-state index in [1.165, 1.54) is 19.1 Å². The fourth-order valence-electron chi connectivity index (χ4n) is 1.70. The number of benzene rings is 2. The average molecular weight is 388 g/mol. The van der Waals surface area contributed by atoms with Gasteiger partial charge in [0.15, 0.2) is 0 Å². The molecule has 2 atom stereocenters. The van der Waals surface area contributed by atoms with E-state index in [4.69, 9.17) is 20.6 Å². The van der Waals surface area contributed by atoms with Crippen LogP contribution in [0.15, 0.2) is 54.6 Å². The number of rotatable bonds is 8. The number of hydrogen-bond donors (Lipinski definition) is 1. The molecule has 2 aromatic rings. The quantitative estimate of drug-likeness (QED) is 0.540. The Labute approximate surface area is 149 Å². The van der Waals surface area contributed by atoms with Gasteiger partial charge in [-0.1, -0.05) is 30.3 Å². The van der Waals surface area contributed by atoms with Crippen LogP contribution in [-0.4, -0.2) is 12.0 Å².